The second kappa shape index (κ2) is 8.83. The first-order chi connectivity index (χ1) is 13.3. The van der Waals surface area contributed by atoms with Crippen LogP contribution in [0.2, 0.25) is 5.02 Å². The molecule has 4 rings (SSSR count). The van der Waals surface area contributed by atoms with Crippen molar-refractivity contribution < 1.29 is 14.2 Å². The molecular weight excluding hydrogens is 364 g/mol. The number of nitrogens with zero attached hydrogens (tertiary/aromatic N) is 2. The van der Waals surface area contributed by atoms with Gasteiger partial charge in [-0.15, -0.1) is 0 Å². The Balaban J connectivity index is 1.14. The van der Waals surface area contributed by atoms with Crippen LogP contribution in [0.25, 0.3) is 0 Å². The predicted octanol–water partition coefficient (Wildman–Crippen LogP) is 3.31. The van der Waals surface area contributed by atoms with Gasteiger partial charge in [0.15, 0.2) is 11.5 Å². The molecule has 0 atom stereocenters. The first kappa shape index (κ1) is 18.4. The molecule has 2 aromatic carbocycles. The molecule has 2 aliphatic heterocycles. The molecular formula is C21H25ClN2O3. The van der Waals surface area contributed by atoms with Crippen LogP contribution in [0.5, 0.6) is 17.2 Å². The molecule has 2 aromatic rings. The maximum absolute atomic E-state index is 5.89. The molecule has 2 heterocycles. The number of fused-ring (bicyclic) bond motifs is 1. The first-order valence-corrected chi connectivity index (χ1v) is 9.86. The number of hydrogen-bond donors (Lipinski definition) is 0. The van der Waals surface area contributed by atoms with Crippen molar-refractivity contribution >= 4 is 11.6 Å². The lowest BCUT2D eigenvalue weighted by molar-refractivity contribution is 0.118. The summed E-state index contributed by atoms with van der Waals surface area (Å²) in [6, 6.07) is 13.8. The maximum atomic E-state index is 5.89. The van der Waals surface area contributed by atoms with E-state index < -0.39 is 0 Å². The average molecular weight is 389 g/mol. The van der Waals surface area contributed by atoms with E-state index in [1.807, 2.05) is 30.3 Å². The summed E-state index contributed by atoms with van der Waals surface area (Å²) in [6.07, 6.45) is 1.04. The van der Waals surface area contributed by atoms with Gasteiger partial charge < -0.3 is 19.1 Å². The van der Waals surface area contributed by atoms with Gasteiger partial charge in [0.2, 0.25) is 6.79 Å². The zero-order valence-corrected chi connectivity index (χ0v) is 16.2. The Morgan fingerprint density at radius 1 is 0.852 bits per heavy atom. The first-order valence-electron chi connectivity index (χ1n) is 9.48. The van der Waals surface area contributed by atoms with E-state index in [4.69, 9.17) is 25.8 Å². The normalized spacial score (nSPS) is 17.2. The van der Waals surface area contributed by atoms with E-state index in [1.54, 1.807) is 0 Å². The molecule has 0 unspecified atom stereocenters. The molecule has 0 aromatic heterocycles. The van der Waals surface area contributed by atoms with Crippen molar-refractivity contribution in [3.05, 3.63) is 53.1 Å². The lowest BCUT2D eigenvalue weighted by atomic mass is 10.1. The smallest absolute Gasteiger partial charge is 0.231 e. The van der Waals surface area contributed by atoms with Crippen LogP contribution in [-0.2, 0) is 6.42 Å². The fourth-order valence-electron chi connectivity index (χ4n) is 3.44. The van der Waals surface area contributed by atoms with Gasteiger partial charge in [0.25, 0.3) is 0 Å². The van der Waals surface area contributed by atoms with E-state index in [9.17, 15) is 0 Å². The lowest BCUT2D eigenvalue weighted by Crippen LogP contribution is -2.47. The van der Waals surface area contributed by atoms with Crippen LogP contribution in [0.15, 0.2) is 42.5 Å². The molecule has 0 amide bonds. The highest BCUT2D eigenvalue weighted by atomic mass is 35.5. The third kappa shape index (κ3) is 5.06. The molecule has 0 spiro atoms. The molecule has 0 saturated carbocycles. The van der Waals surface area contributed by atoms with Crippen LogP contribution in [-0.4, -0.2) is 62.5 Å². The Bertz CT molecular complexity index is 746. The van der Waals surface area contributed by atoms with Crippen LogP contribution >= 0.6 is 11.6 Å². The maximum Gasteiger partial charge on any atom is 0.231 e. The minimum absolute atomic E-state index is 0.336. The fraction of sp³-hybridized carbons (Fsp3) is 0.429. The molecule has 1 fully saturated rings. The number of rotatable bonds is 7. The zero-order chi connectivity index (χ0) is 18.5. The molecule has 144 valence electrons. The Morgan fingerprint density at radius 3 is 2.33 bits per heavy atom. The van der Waals surface area contributed by atoms with E-state index in [0.717, 1.165) is 68.0 Å². The van der Waals surface area contributed by atoms with Crippen LogP contribution < -0.4 is 14.2 Å². The van der Waals surface area contributed by atoms with Crippen LogP contribution in [0.4, 0.5) is 0 Å². The second-order valence-corrected chi connectivity index (χ2v) is 7.36. The van der Waals surface area contributed by atoms with Crippen molar-refractivity contribution in [2.45, 2.75) is 6.42 Å². The lowest BCUT2D eigenvalue weighted by Gasteiger charge is -2.34. The van der Waals surface area contributed by atoms with Crippen molar-refractivity contribution in [3.8, 4) is 17.2 Å². The molecule has 0 aliphatic carbocycles. The molecule has 27 heavy (non-hydrogen) atoms. The number of ether oxygens (including phenoxy) is 3. The monoisotopic (exact) mass is 388 g/mol. The van der Waals surface area contributed by atoms with Gasteiger partial charge in [0, 0.05) is 44.3 Å². The van der Waals surface area contributed by atoms with Crippen molar-refractivity contribution in [2.24, 2.45) is 0 Å². The Hall–Kier alpha value is -1.95. The van der Waals surface area contributed by atoms with Gasteiger partial charge in [-0.1, -0.05) is 17.7 Å². The summed E-state index contributed by atoms with van der Waals surface area (Å²) in [5.74, 6) is 2.60. The van der Waals surface area contributed by atoms with Crippen LogP contribution in [0.1, 0.15) is 5.56 Å². The highest BCUT2D eigenvalue weighted by molar-refractivity contribution is 6.30. The summed E-state index contributed by atoms with van der Waals surface area (Å²) in [4.78, 5) is 4.99. The van der Waals surface area contributed by atoms with Crippen molar-refractivity contribution in [1.82, 2.24) is 9.80 Å². The molecule has 0 bridgehead atoms. The predicted molar refractivity (Wildman–Crippen MR) is 106 cm³/mol. The summed E-state index contributed by atoms with van der Waals surface area (Å²) in [6.45, 7) is 7.46. The topological polar surface area (TPSA) is 34.2 Å². The third-order valence-corrected chi connectivity index (χ3v) is 5.36. The van der Waals surface area contributed by atoms with Crippen LogP contribution in [0, 0.1) is 0 Å². The summed E-state index contributed by atoms with van der Waals surface area (Å²) < 4.78 is 16.6. The average Bonchev–Trinajstić information content (AvgIpc) is 3.17. The van der Waals surface area contributed by atoms with Crippen molar-refractivity contribution in [1.29, 1.82) is 0 Å². The van der Waals surface area contributed by atoms with E-state index in [1.165, 1.54) is 5.56 Å². The SMILES string of the molecule is Clc1ccc(OCCN2CCN(CCc3ccc4c(c3)OCO4)CC2)cc1. The highest BCUT2D eigenvalue weighted by Gasteiger charge is 2.17. The van der Waals surface area contributed by atoms with Gasteiger partial charge >= 0.3 is 0 Å². The number of halogens is 1. The van der Waals surface area contributed by atoms with E-state index >= 15 is 0 Å². The largest absolute Gasteiger partial charge is 0.492 e. The summed E-state index contributed by atoms with van der Waals surface area (Å²) in [5.41, 5.74) is 1.30. The minimum Gasteiger partial charge on any atom is -0.492 e. The number of benzene rings is 2. The van der Waals surface area contributed by atoms with Gasteiger partial charge in [-0.2, -0.15) is 0 Å². The Kier molecular flexibility index (Phi) is 6.02. The zero-order valence-electron chi connectivity index (χ0n) is 15.4. The summed E-state index contributed by atoms with van der Waals surface area (Å²) in [7, 11) is 0. The molecule has 2 aliphatic rings. The molecule has 0 N–H and O–H groups in total. The van der Waals surface area contributed by atoms with Gasteiger partial charge in [0.1, 0.15) is 12.4 Å². The van der Waals surface area contributed by atoms with E-state index in [0.29, 0.717) is 13.4 Å². The third-order valence-electron chi connectivity index (χ3n) is 5.11. The van der Waals surface area contributed by atoms with E-state index in [2.05, 4.69) is 21.9 Å². The summed E-state index contributed by atoms with van der Waals surface area (Å²) >= 11 is 5.89. The van der Waals surface area contributed by atoms with Crippen LogP contribution in [0.3, 0.4) is 0 Å². The van der Waals surface area contributed by atoms with E-state index in [-0.39, 0.29) is 0 Å². The number of hydrogen-bond acceptors (Lipinski definition) is 5. The molecule has 0 radical (unpaired) electrons. The Labute approximate surface area is 165 Å². The van der Waals surface area contributed by atoms with Gasteiger partial charge in [-0.3, -0.25) is 4.90 Å². The van der Waals surface area contributed by atoms with Gasteiger partial charge in [0.05, 0.1) is 0 Å². The van der Waals surface area contributed by atoms with Crippen molar-refractivity contribution in [2.75, 3.05) is 52.7 Å². The second-order valence-electron chi connectivity index (χ2n) is 6.92. The minimum atomic E-state index is 0.336. The quantitative estimate of drug-likeness (QED) is 0.727. The van der Waals surface area contributed by atoms with Gasteiger partial charge in [-0.05, 0) is 48.4 Å². The van der Waals surface area contributed by atoms with Gasteiger partial charge in [-0.25, -0.2) is 0 Å². The fourth-order valence-corrected chi connectivity index (χ4v) is 3.57. The van der Waals surface area contributed by atoms with Crippen molar-refractivity contribution in [3.63, 3.8) is 0 Å². The number of piperazine rings is 1. The molecule has 5 nitrogen and oxygen atoms in total. The highest BCUT2D eigenvalue weighted by Crippen LogP contribution is 2.32. The molecule has 1 saturated heterocycles. The Morgan fingerprint density at radius 2 is 1.56 bits per heavy atom. The summed E-state index contributed by atoms with van der Waals surface area (Å²) in [5, 5.41) is 0.735. The molecule has 6 heteroatoms. The standard InChI is InChI=1S/C21H25ClN2O3/c22-18-2-4-19(5-3-18)25-14-13-24-11-9-23(10-12-24)8-7-17-1-6-20-21(15-17)27-16-26-20/h1-6,15H,7-14,16H2.